The summed E-state index contributed by atoms with van der Waals surface area (Å²) in [6, 6.07) is 8.33. The molecular formula is C27H29F4N5O3. The maximum absolute atomic E-state index is 15.0. The molecule has 0 bridgehead atoms. The zero-order valence-electron chi connectivity index (χ0n) is 21.5. The van der Waals surface area contributed by atoms with Gasteiger partial charge in [0.2, 0.25) is 0 Å². The number of carbonyl (C=O) groups is 1. The molecule has 5 rings (SSSR count). The smallest absolute Gasteiger partial charge is 0.481 e. The van der Waals surface area contributed by atoms with E-state index in [0.29, 0.717) is 23.6 Å². The average Bonchev–Trinajstić information content (AvgIpc) is 3.32. The molecule has 0 atom stereocenters. The molecule has 8 nitrogen and oxygen atoms in total. The SMILES string of the molecule is CC.O=C(O)CC1CCN(C2=NCC(c3ccc(-c4nc5ccc(OC(F)(F)F)cc5[nH]4)c(F)c3)=CN2)CC1. The number of guanidine groups is 1. The third kappa shape index (κ3) is 6.87. The molecule has 1 aromatic heterocycles. The normalized spacial score (nSPS) is 16.1. The lowest BCUT2D eigenvalue weighted by molar-refractivity contribution is -0.274. The number of H-pyrrole nitrogens is 1. The van der Waals surface area contributed by atoms with Crippen molar-refractivity contribution in [2.75, 3.05) is 19.6 Å². The number of aromatic nitrogens is 2. The van der Waals surface area contributed by atoms with Gasteiger partial charge in [0.05, 0.1) is 23.1 Å². The predicted molar refractivity (Wildman–Crippen MR) is 139 cm³/mol. The number of nitrogens with zero attached hydrogens (tertiary/aromatic N) is 3. The van der Waals surface area contributed by atoms with E-state index >= 15 is 4.39 Å². The van der Waals surface area contributed by atoms with Crippen LogP contribution in [-0.4, -0.2) is 57.9 Å². The second-order valence-corrected chi connectivity index (χ2v) is 8.99. The van der Waals surface area contributed by atoms with Crippen molar-refractivity contribution in [3.05, 3.63) is 54.0 Å². The molecule has 1 saturated heterocycles. The third-order valence-corrected chi connectivity index (χ3v) is 6.43. The number of aromatic amines is 1. The van der Waals surface area contributed by atoms with Gasteiger partial charge < -0.3 is 25.0 Å². The van der Waals surface area contributed by atoms with Crippen molar-refractivity contribution in [1.29, 1.82) is 0 Å². The summed E-state index contributed by atoms with van der Waals surface area (Å²) in [5.74, 6) is -0.641. The van der Waals surface area contributed by atoms with E-state index in [9.17, 15) is 18.0 Å². The molecule has 0 amide bonds. The maximum Gasteiger partial charge on any atom is 0.573 e. The van der Waals surface area contributed by atoms with Gasteiger partial charge in [-0.05, 0) is 54.2 Å². The predicted octanol–water partition coefficient (Wildman–Crippen LogP) is 5.78. The van der Waals surface area contributed by atoms with E-state index in [4.69, 9.17) is 5.11 Å². The number of piperidine rings is 1. The Morgan fingerprint density at radius 3 is 2.51 bits per heavy atom. The van der Waals surface area contributed by atoms with Crippen LogP contribution in [0, 0.1) is 11.7 Å². The van der Waals surface area contributed by atoms with Gasteiger partial charge in [0.15, 0.2) is 5.96 Å². The first-order valence-electron chi connectivity index (χ1n) is 12.7. The van der Waals surface area contributed by atoms with Crippen molar-refractivity contribution in [3.8, 4) is 17.1 Å². The largest absolute Gasteiger partial charge is 0.573 e. The van der Waals surface area contributed by atoms with Crippen LogP contribution in [-0.2, 0) is 4.79 Å². The van der Waals surface area contributed by atoms with Crippen LogP contribution in [0.3, 0.4) is 0 Å². The van der Waals surface area contributed by atoms with Crippen LogP contribution >= 0.6 is 0 Å². The zero-order chi connectivity index (χ0) is 28.2. The Morgan fingerprint density at radius 1 is 1.15 bits per heavy atom. The van der Waals surface area contributed by atoms with E-state index in [-0.39, 0.29) is 29.2 Å². The molecule has 2 aliphatic rings. The lowest BCUT2D eigenvalue weighted by atomic mass is 9.94. The number of imidazole rings is 1. The number of aliphatic carboxylic acids is 1. The first kappa shape index (κ1) is 27.9. The molecule has 1 fully saturated rings. The van der Waals surface area contributed by atoms with Crippen molar-refractivity contribution >= 4 is 28.5 Å². The van der Waals surface area contributed by atoms with Crippen LogP contribution in [0.4, 0.5) is 17.6 Å². The van der Waals surface area contributed by atoms with Gasteiger partial charge in [-0.1, -0.05) is 19.9 Å². The molecule has 3 aromatic rings. The zero-order valence-corrected chi connectivity index (χ0v) is 21.5. The van der Waals surface area contributed by atoms with Crippen molar-refractivity contribution in [2.24, 2.45) is 10.9 Å². The number of hydrogen-bond donors (Lipinski definition) is 3. The number of halogens is 4. The van der Waals surface area contributed by atoms with Crippen molar-refractivity contribution in [2.45, 2.75) is 39.5 Å². The third-order valence-electron chi connectivity index (χ3n) is 6.43. The fourth-order valence-electron chi connectivity index (χ4n) is 4.59. The van der Waals surface area contributed by atoms with E-state index in [1.54, 1.807) is 18.3 Å². The molecule has 39 heavy (non-hydrogen) atoms. The minimum Gasteiger partial charge on any atom is -0.481 e. The number of carboxylic acids is 1. The lowest BCUT2D eigenvalue weighted by Crippen LogP contribution is -2.45. The maximum atomic E-state index is 15.0. The summed E-state index contributed by atoms with van der Waals surface area (Å²) in [6.45, 7) is 5.79. The second kappa shape index (κ2) is 11.7. The molecule has 0 unspecified atom stereocenters. The van der Waals surface area contributed by atoms with Gasteiger partial charge in [-0.25, -0.2) is 14.4 Å². The summed E-state index contributed by atoms with van der Waals surface area (Å²) < 4.78 is 56.4. The van der Waals surface area contributed by atoms with Gasteiger partial charge in [0, 0.05) is 31.8 Å². The van der Waals surface area contributed by atoms with Gasteiger partial charge in [-0.15, -0.1) is 13.2 Å². The van der Waals surface area contributed by atoms with Crippen LogP contribution in [0.25, 0.3) is 28.0 Å². The molecule has 0 spiro atoms. The number of hydrogen-bond acceptors (Lipinski definition) is 6. The summed E-state index contributed by atoms with van der Waals surface area (Å²) in [5, 5.41) is 12.1. The molecule has 208 valence electrons. The Labute approximate surface area is 222 Å². The number of alkyl halides is 3. The number of benzene rings is 2. The first-order valence-corrected chi connectivity index (χ1v) is 12.7. The van der Waals surface area contributed by atoms with Crippen molar-refractivity contribution in [1.82, 2.24) is 20.2 Å². The number of likely N-dealkylation sites (tertiary alicyclic amines) is 1. The molecule has 0 aliphatic carbocycles. The summed E-state index contributed by atoms with van der Waals surface area (Å²) in [4.78, 5) is 24.7. The number of nitrogens with one attached hydrogen (secondary N) is 2. The Morgan fingerprint density at radius 2 is 1.90 bits per heavy atom. The van der Waals surface area contributed by atoms with Gasteiger partial charge in [0.1, 0.15) is 17.4 Å². The molecule has 2 aromatic carbocycles. The number of rotatable bonds is 5. The highest BCUT2D eigenvalue weighted by molar-refractivity contribution is 5.87. The highest BCUT2D eigenvalue weighted by atomic mass is 19.4. The molecule has 0 radical (unpaired) electrons. The van der Waals surface area contributed by atoms with Gasteiger partial charge >= 0.3 is 12.3 Å². The van der Waals surface area contributed by atoms with E-state index < -0.39 is 23.9 Å². The monoisotopic (exact) mass is 547 g/mol. The van der Waals surface area contributed by atoms with Crippen molar-refractivity contribution in [3.63, 3.8) is 0 Å². The number of carboxylic acid groups (broad SMARTS) is 1. The molecule has 2 aliphatic heterocycles. The van der Waals surface area contributed by atoms with Crippen LogP contribution in [0.15, 0.2) is 47.6 Å². The molecule has 3 heterocycles. The van der Waals surface area contributed by atoms with E-state index in [0.717, 1.165) is 43.6 Å². The fraction of sp³-hybridized carbons (Fsp3) is 0.370. The van der Waals surface area contributed by atoms with Crippen LogP contribution < -0.4 is 10.1 Å². The Kier molecular flexibility index (Phi) is 8.41. The fourth-order valence-corrected chi connectivity index (χ4v) is 4.59. The Hall–Kier alpha value is -4.09. The number of aliphatic imine (C=N–C) groups is 1. The topological polar surface area (TPSA) is 103 Å². The van der Waals surface area contributed by atoms with E-state index in [1.165, 1.54) is 12.1 Å². The van der Waals surface area contributed by atoms with Crippen LogP contribution in [0.5, 0.6) is 5.75 Å². The standard InChI is InChI=1S/C25H23F4N5O3.C2H6/c26-19-10-15(16-12-30-24(31-13-16)34-7-5-14(6-8-34)9-22(35)36)1-3-18(19)23-32-20-4-2-17(11-21(20)33-23)37-25(27,28)29;1-2/h1-4,10-12,14H,5-9,13H2,(H,30,31)(H,32,33)(H,35,36);1-2H3. The Bertz CT molecular complexity index is 1390. The first-order chi connectivity index (χ1) is 18.6. The van der Waals surface area contributed by atoms with Crippen molar-refractivity contribution < 1.29 is 32.2 Å². The highest BCUT2D eigenvalue weighted by Crippen LogP contribution is 2.30. The number of fused-ring (bicyclic) bond motifs is 1. The summed E-state index contributed by atoms with van der Waals surface area (Å²) >= 11 is 0. The van der Waals surface area contributed by atoms with Gasteiger partial charge in [-0.3, -0.25) is 4.79 Å². The highest BCUT2D eigenvalue weighted by Gasteiger charge is 2.31. The van der Waals surface area contributed by atoms with E-state index in [1.807, 2.05) is 13.8 Å². The lowest BCUT2D eigenvalue weighted by Gasteiger charge is -2.34. The summed E-state index contributed by atoms with van der Waals surface area (Å²) in [5.41, 5.74) is 2.26. The Balaban J connectivity index is 0.00000172. The van der Waals surface area contributed by atoms with Crippen LogP contribution in [0.1, 0.15) is 38.7 Å². The second-order valence-electron chi connectivity index (χ2n) is 8.99. The van der Waals surface area contributed by atoms with Crippen LogP contribution in [0.2, 0.25) is 0 Å². The average molecular weight is 548 g/mol. The molecular weight excluding hydrogens is 518 g/mol. The molecule has 12 heteroatoms. The molecule has 3 N–H and O–H groups in total. The van der Waals surface area contributed by atoms with E-state index in [2.05, 4.69) is 29.9 Å². The molecule has 0 saturated carbocycles. The summed E-state index contributed by atoms with van der Waals surface area (Å²) in [6.07, 6.45) is -1.28. The quantitative estimate of drug-likeness (QED) is 0.350. The minimum absolute atomic E-state index is 0.174. The summed E-state index contributed by atoms with van der Waals surface area (Å²) in [7, 11) is 0. The van der Waals surface area contributed by atoms with Gasteiger partial charge in [-0.2, -0.15) is 0 Å². The van der Waals surface area contributed by atoms with Gasteiger partial charge in [0.25, 0.3) is 0 Å². The minimum atomic E-state index is -4.81. The number of ether oxygens (including phenoxy) is 1.